The number of nitrogens with zero attached hydrogens (tertiary/aromatic N) is 3. The number of amides is 1. The number of sulfonamides is 1. The third kappa shape index (κ3) is 3.29. The molecule has 0 spiro atoms. The van der Waals surface area contributed by atoms with Gasteiger partial charge in [-0.15, -0.1) is 4.40 Å². The number of carboxylic acids is 1. The lowest BCUT2D eigenvalue weighted by molar-refractivity contribution is -0.145. The third-order valence-electron chi connectivity index (χ3n) is 4.13. The van der Waals surface area contributed by atoms with Gasteiger partial charge in [-0.2, -0.15) is 0 Å². The van der Waals surface area contributed by atoms with E-state index in [4.69, 9.17) is 5.11 Å². The van der Waals surface area contributed by atoms with Crippen LogP contribution in [0, 0.1) is 5.92 Å². The summed E-state index contributed by atoms with van der Waals surface area (Å²) in [5.74, 6) is -1.44. The first-order chi connectivity index (χ1) is 10.9. The van der Waals surface area contributed by atoms with Crippen molar-refractivity contribution >= 4 is 27.7 Å². The van der Waals surface area contributed by atoms with Gasteiger partial charge in [0, 0.05) is 25.8 Å². The van der Waals surface area contributed by atoms with Crippen LogP contribution >= 0.6 is 0 Å². The molecular weight excluding hydrogens is 322 g/mol. The van der Waals surface area contributed by atoms with Gasteiger partial charge < -0.3 is 14.9 Å². The first-order valence-electron chi connectivity index (χ1n) is 7.37. The molecule has 9 heteroatoms. The summed E-state index contributed by atoms with van der Waals surface area (Å²) in [4.78, 5) is 26.8. The second-order valence-electron chi connectivity index (χ2n) is 5.78. The summed E-state index contributed by atoms with van der Waals surface area (Å²) in [6.45, 7) is 0.984. The number of carbonyl (C=O) groups is 2. The Hall–Kier alpha value is -2.16. The van der Waals surface area contributed by atoms with Gasteiger partial charge in [0.2, 0.25) is 0 Å². The molecule has 0 radical (unpaired) electrons. The van der Waals surface area contributed by atoms with E-state index in [2.05, 4.69) is 4.40 Å². The molecular formula is C14H17N3O5S. The fraction of sp³-hybridized carbons (Fsp3) is 0.500. The number of piperidine rings is 1. The predicted molar refractivity (Wildman–Crippen MR) is 82.1 cm³/mol. The highest BCUT2D eigenvalue weighted by molar-refractivity contribution is 7.90. The first-order valence-corrected chi connectivity index (χ1v) is 8.98. The highest BCUT2D eigenvalue weighted by Crippen LogP contribution is 2.21. The van der Waals surface area contributed by atoms with Crippen LogP contribution in [0.1, 0.15) is 12.8 Å². The van der Waals surface area contributed by atoms with E-state index in [0.717, 1.165) is 0 Å². The van der Waals surface area contributed by atoms with Crippen LogP contribution in [0.3, 0.4) is 0 Å². The normalized spacial score (nSPS) is 26.2. The van der Waals surface area contributed by atoms with Crippen molar-refractivity contribution in [1.82, 2.24) is 9.80 Å². The van der Waals surface area contributed by atoms with Crippen molar-refractivity contribution in [1.29, 1.82) is 0 Å². The molecule has 1 saturated heterocycles. The lowest BCUT2D eigenvalue weighted by atomic mass is 9.97. The number of likely N-dealkylation sites (tertiary alicyclic amines) is 1. The van der Waals surface area contributed by atoms with Crippen LogP contribution in [0.4, 0.5) is 0 Å². The van der Waals surface area contributed by atoms with Crippen molar-refractivity contribution in [2.24, 2.45) is 10.3 Å². The second-order valence-corrected chi connectivity index (χ2v) is 7.53. The van der Waals surface area contributed by atoms with Crippen molar-refractivity contribution in [2.45, 2.75) is 12.8 Å². The van der Waals surface area contributed by atoms with E-state index in [1.807, 2.05) is 0 Å². The highest BCUT2D eigenvalue weighted by Gasteiger charge is 2.31. The summed E-state index contributed by atoms with van der Waals surface area (Å²) in [5, 5.41) is 9.10. The zero-order valence-electron chi connectivity index (χ0n) is 12.4. The molecule has 0 bridgehead atoms. The SMILES string of the molecule is O=C(O)[C@H]1CCCN(C(=O)C2=CN3CCS(=O)(=O)N=C3C=C2)C1. The van der Waals surface area contributed by atoms with Crippen molar-refractivity contribution in [3.05, 3.63) is 23.9 Å². The number of fused-ring (bicyclic) bond motifs is 1. The molecule has 1 fully saturated rings. The maximum atomic E-state index is 12.6. The minimum atomic E-state index is -3.42. The number of rotatable bonds is 2. The third-order valence-corrected chi connectivity index (χ3v) is 5.29. The molecule has 1 atom stereocenters. The van der Waals surface area contributed by atoms with Gasteiger partial charge in [-0.05, 0) is 25.0 Å². The Balaban J connectivity index is 1.76. The Morgan fingerprint density at radius 2 is 2.04 bits per heavy atom. The number of amidine groups is 1. The molecule has 0 aromatic carbocycles. The molecule has 0 aromatic heterocycles. The monoisotopic (exact) mass is 339 g/mol. The number of hydrogen-bond donors (Lipinski definition) is 1. The van der Waals surface area contributed by atoms with Crippen LogP contribution < -0.4 is 0 Å². The second kappa shape index (κ2) is 5.80. The summed E-state index contributed by atoms with van der Waals surface area (Å²) in [5.41, 5.74) is 0.411. The quantitative estimate of drug-likeness (QED) is 0.747. The highest BCUT2D eigenvalue weighted by atomic mass is 32.2. The maximum absolute atomic E-state index is 12.6. The molecule has 3 aliphatic rings. The van der Waals surface area contributed by atoms with Crippen molar-refractivity contribution < 1.29 is 23.1 Å². The number of carbonyl (C=O) groups excluding carboxylic acids is 1. The van der Waals surface area contributed by atoms with Crippen LogP contribution in [0.2, 0.25) is 0 Å². The molecule has 3 heterocycles. The fourth-order valence-corrected chi connectivity index (χ4v) is 3.84. The molecule has 0 aliphatic carbocycles. The molecule has 8 nitrogen and oxygen atoms in total. The van der Waals surface area contributed by atoms with Crippen molar-refractivity contribution in [3.8, 4) is 0 Å². The minimum absolute atomic E-state index is 0.0902. The van der Waals surface area contributed by atoms with Gasteiger partial charge >= 0.3 is 5.97 Å². The van der Waals surface area contributed by atoms with E-state index in [-0.39, 0.29) is 24.7 Å². The van der Waals surface area contributed by atoms with E-state index < -0.39 is 21.9 Å². The summed E-state index contributed by atoms with van der Waals surface area (Å²) >= 11 is 0. The molecule has 3 rings (SSSR count). The van der Waals surface area contributed by atoms with E-state index in [1.165, 1.54) is 12.2 Å². The molecule has 0 aromatic rings. The predicted octanol–water partition coefficient (Wildman–Crippen LogP) is -0.193. The van der Waals surface area contributed by atoms with E-state index in [1.54, 1.807) is 16.0 Å². The zero-order valence-corrected chi connectivity index (χ0v) is 13.2. The smallest absolute Gasteiger partial charge is 0.308 e. The molecule has 1 N–H and O–H groups in total. The lowest BCUT2D eigenvalue weighted by Crippen LogP contribution is -2.44. The standard InChI is InChI=1S/C14H17N3O5S/c18-13(17-5-1-2-11(9-17)14(19)20)10-3-4-12-15-23(21,22)7-6-16(12)8-10/h3-4,8,11H,1-2,5-7,9H2,(H,19,20)/t11-/m0/s1. The average Bonchev–Trinajstić information content (AvgIpc) is 2.53. The average molecular weight is 339 g/mol. The molecule has 0 unspecified atom stereocenters. The van der Waals surface area contributed by atoms with Crippen LogP contribution in [0.15, 0.2) is 28.3 Å². The summed E-state index contributed by atoms with van der Waals surface area (Å²) < 4.78 is 26.6. The van der Waals surface area contributed by atoms with Crippen LogP contribution in [-0.2, 0) is 19.6 Å². The number of aliphatic carboxylic acids is 1. The Labute approximate surface area is 133 Å². The summed E-state index contributed by atoms with van der Waals surface area (Å²) in [6, 6.07) is 0. The van der Waals surface area contributed by atoms with Crippen LogP contribution in [0.25, 0.3) is 0 Å². The minimum Gasteiger partial charge on any atom is -0.481 e. The van der Waals surface area contributed by atoms with E-state index in [9.17, 15) is 18.0 Å². The Morgan fingerprint density at radius 1 is 1.26 bits per heavy atom. The van der Waals surface area contributed by atoms with Gasteiger partial charge in [-0.3, -0.25) is 9.59 Å². The molecule has 1 amide bonds. The van der Waals surface area contributed by atoms with Gasteiger partial charge in [-0.25, -0.2) is 8.42 Å². The topological polar surface area (TPSA) is 107 Å². The zero-order chi connectivity index (χ0) is 16.6. The van der Waals surface area contributed by atoms with Crippen molar-refractivity contribution in [3.63, 3.8) is 0 Å². The molecule has 0 saturated carbocycles. The fourth-order valence-electron chi connectivity index (χ4n) is 2.87. The number of carboxylic acid groups (broad SMARTS) is 1. The maximum Gasteiger partial charge on any atom is 0.308 e. The van der Waals surface area contributed by atoms with Crippen LogP contribution in [0.5, 0.6) is 0 Å². The van der Waals surface area contributed by atoms with Crippen LogP contribution in [-0.4, -0.2) is 66.4 Å². The molecule has 124 valence electrons. The van der Waals surface area contributed by atoms with Gasteiger partial charge in [0.15, 0.2) is 0 Å². The Kier molecular flexibility index (Phi) is 3.97. The van der Waals surface area contributed by atoms with Gasteiger partial charge in [-0.1, -0.05) is 0 Å². The summed E-state index contributed by atoms with van der Waals surface area (Å²) in [7, 11) is -3.42. The van der Waals surface area contributed by atoms with Gasteiger partial charge in [0.25, 0.3) is 15.9 Å². The molecule has 23 heavy (non-hydrogen) atoms. The Bertz CT molecular complexity index is 738. The largest absolute Gasteiger partial charge is 0.481 e. The molecule has 3 aliphatic heterocycles. The van der Waals surface area contributed by atoms with Gasteiger partial charge in [0.05, 0.1) is 17.2 Å². The first kappa shape index (κ1) is 15.7. The van der Waals surface area contributed by atoms with Gasteiger partial charge in [0.1, 0.15) is 5.84 Å². The number of hydrogen-bond acceptors (Lipinski definition) is 5. The van der Waals surface area contributed by atoms with E-state index in [0.29, 0.717) is 30.8 Å². The van der Waals surface area contributed by atoms with E-state index >= 15 is 0 Å². The van der Waals surface area contributed by atoms with Crippen molar-refractivity contribution in [2.75, 3.05) is 25.4 Å². The Morgan fingerprint density at radius 3 is 2.78 bits per heavy atom. The summed E-state index contributed by atoms with van der Waals surface area (Å²) in [6.07, 6.45) is 5.86. The lowest BCUT2D eigenvalue weighted by Gasteiger charge is -2.33.